The number of hydrogen-bond acceptors (Lipinski definition) is 8. The number of anilines is 1. The van der Waals surface area contributed by atoms with E-state index >= 15 is 0 Å². The number of carbonyl (C=O) groups excluding carboxylic acids is 2. The molecule has 1 fully saturated rings. The summed E-state index contributed by atoms with van der Waals surface area (Å²) in [5.74, 6) is 0.355. The lowest BCUT2D eigenvalue weighted by Crippen LogP contribution is -2.44. The number of carbonyl (C=O) groups is 2. The van der Waals surface area contributed by atoms with E-state index in [0.29, 0.717) is 58.0 Å². The van der Waals surface area contributed by atoms with Crippen molar-refractivity contribution in [2.45, 2.75) is 52.2 Å². The van der Waals surface area contributed by atoms with Gasteiger partial charge in [-0.15, -0.1) is 0 Å². The average molecular weight is 467 g/mol. The molecule has 0 bridgehead atoms. The van der Waals surface area contributed by atoms with Gasteiger partial charge in [-0.2, -0.15) is 0 Å². The summed E-state index contributed by atoms with van der Waals surface area (Å²) in [6.07, 6.45) is 3.58. The Labute approximate surface area is 193 Å². The highest BCUT2D eigenvalue weighted by atomic mass is 35.5. The standard InChI is InChI=1S/C22H31ClN4O5/c1-5-31-17(28)8-6-7-16-18-15(9-10-27(16)21(29)32-22(2,3)4)19(25-20(23)24-18)26-11-13-30-14-12-26/h6,8,16H,5,7,9-14H2,1-4H3/b8-6+. The van der Waals surface area contributed by atoms with Crippen molar-refractivity contribution < 1.29 is 23.8 Å². The Morgan fingerprint density at radius 1 is 1.22 bits per heavy atom. The first-order chi connectivity index (χ1) is 15.2. The van der Waals surface area contributed by atoms with Crippen molar-refractivity contribution in [3.63, 3.8) is 0 Å². The molecule has 1 saturated heterocycles. The molecule has 0 spiro atoms. The van der Waals surface area contributed by atoms with Crippen LogP contribution in [0.4, 0.5) is 10.6 Å². The van der Waals surface area contributed by atoms with Gasteiger partial charge in [0.25, 0.3) is 0 Å². The first-order valence-electron chi connectivity index (χ1n) is 10.9. The van der Waals surface area contributed by atoms with Gasteiger partial charge in [-0.3, -0.25) is 4.90 Å². The fraction of sp³-hybridized carbons (Fsp3) is 0.636. The predicted octanol–water partition coefficient (Wildman–Crippen LogP) is 3.31. The molecular weight excluding hydrogens is 436 g/mol. The van der Waals surface area contributed by atoms with Crippen molar-refractivity contribution in [3.8, 4) is 0 Å². The normalized spacial score (nSPS) is 19.1. The SMILES string of the molecule is CCOC(=O)/C=C/CC1c2nc(Cl)nc(N3CCOCC3)c2CCN1C(=O)OC(C)(C)C. The largest absolute Gasteiger partial charge is 0.463 e. The summed E-state index contributed by atoms with van der Waals surface area (Å²) in [5, 5.41) is 0.121. The lowest BCUT2D eigenvalue weighted by molar-refractivity contribution is -0.137. The number of ether oxygens (including phenoxy) is 3. The average Bonchev–Trinajstić information content (AvgIpc) is 2.73. The molecule has 0 N–H and O–H groups in total. The second-order valence-corrected chi connectivity index (χ2v) is 8.95. The number of nitrogens with zero attached hydrogens (tertiary/aromatic N) is 4. The van der Waals surface area contributed by atoms with E-state index in [0.717, 1.165) is 11.4 Å². The van der Waals surface area contributed by atoms with Crippen LogP contribution in [-0.4, -0.2) is 72.0 Å². The molecule has 3 heterocycles. The second-order valence-electron chi connectivity index (χ2n) is 8.61. The Bertz CT molecular complexity index is 865. The van der Waals surface area contributed by atoms with Gasteiger partial charge >= 0.3 is 12.1 Å². The highest BCUT2D eigenvalue weighted by Gasteiger charge is 2.37. The monoisotopic (exact) mass is 466 g/mol. The van der Waals surface area contributed by atoms with Crippen LogP contribution in [0.3, 0.4) is 0 Å². The van der Waals surface area contributed by atoms with Crippen LogP contribution >= 0.6 is 11.6 Å². The summed E-state index contributed by atoms with van der Waals surface area (Å²) in [7, 11) is 0. The van der Waals surface area contributed by atoms with Gasteiger partial charge in [0.15, 0.2) is 0 Å². The van der Waals surface area contributed by atoms with Crippen LogP contribution in [0.1, 0.15) is 51.4 Å². The first kappa shape index (κ1) is 24.3. The Morgan fingerprint density at radius 2 is 1.94 bits per heavy atom. The Hall–Kier alpha value is -2.39. The van der Waals surface area contributed by atoms with E-state index in [1.54, 1.807) is 17.9 Å². The van der Waals surface area contributed by atoms with Gasteiger partial charge in [0, 0.05) is 31.3 Å². The lowest BCUT2D eigenvalue weighted by Gasteiger charge is -2.39. The summed E-state index contributed by atoms with van der Waals surface area (Å²) in [4.78, 5) is 37.6. The minimum atomic E-state index is -0.634. The number of rotatable bonds is 5. The molecule has 0 saturated carbocycles. The summed E-state index contributed by atoms with van der Waals surface area (Å²) in [6.45, 7) is 10.6. The number of halogens is 1. The minimum Gasteiger partial charge on any atom is -0.463 e. The quantitative estimate of drug-likeness (QED) is 0.370. The number of amides is 1. The van der Waals surface area contributed by atoms with Crippen molar-refractivity contribution >= 4 is 29.5 Å². The van der Waals surface area contributed by atoms with Gasteiger partial charge in [-0.1, -0.05) is 6.08 Å². The third-order valence-corrected chi connectivity index (χ3v) is 5.29. The number of aromatic nitrogens is 2. The van der Waals surface area contributed by atoms with Crippen molar-refractivity contribution in [2.75, 3.05) is 44.4 Å². The molecule has 1 aromatic rings. The number of morpholine rings is 1. The predicted molar refractivity (Wildman–Crippen MR) is 120 cm³/mol. The molecule has 0 aromatic carbocycles. The molecule has 0 radical (unpaired) electrons. The van der Waals surface area contributed by atoms with Gasteiger partial charge in [-0.25, -0.2) is 19.6 Å². The van der Waals surface area contributed by atoms with Crippen molar-refractivity contribution in [3.05, 3.63) is 28.7 Å². The van der Waals surface area contributed by atoms with Gasteiger partial charge in [0.05, 0.1) is 31.6 Å². The number of fused-ring (bicyclic) bond motifs is 1. The Kier molecular flexibility index (Phi) is 7.95. The van der Waals surface area contributed by atoms with E-state index in [2.05, 4.69) is 14.9 Å². The van der Waals surface area contributed by atoms with E-state index in [9.17, 15) is 9.59 Å². The Balaban J connectivity index is 1.96. The number of hydrogen-bond donors (Lipinski definition) is 0. The van der Waals surface area contributed by atoms with Crippen LogP contribution in [0.2, 0.25) is 5.28 Å². The molecule has 32 heavy (non-hydrogen) atoms. The summed E-state index contributed by atoms with van der Waals surface area (Å²) in [5.41, 5.74) is 1.01. The van der Waals surface area contributed by atoms with Crippen molar-refractivity contribution in [1.29, 1.82) is 0 Å². The van der Waals surface area contributed by atoms with Crippen molar-refractivity contribution in [2.24, 2.45) is 0 Å². The molecule has 1 unspecified atom stereocenters. The zero-order valence-corrected chi connectivity index (χ0v) is 19.9. The van der Waals surface area contributed by atoms with Gasteiger partial charge < -0.3 is 19.1 Å². The van der Waals surface area contributed by atoms with Crippen LogP contribution in [0.15, 0.2) is 12.2 Å². The minimum absolute atomic E-state index is 0.121. The van der Waals surface area contributed by atoms with Crippen LogP contribution in [0.5, 0.6) is 0 Å². The molecule has 1 aromatic heterocycles. The maximum Gasteiger partial charge on any atom is 0.410 e. The molecule has 3 rings (SSSR count). The van der Waals surface area contributed by atoms with E-state index < -0.39 is 23.7 Å². The molecule has 1 atom stereocenters. The highest BCUT2D eigenvalue weighted by Crippen LogP contribution is 2.37. The lowest BCUT2D eigenvalue weighted by atomic mass is 9.95. The zero-order valence-electron chi connectivity index (χ0n) is 19.1. The van der Waals surface area contributed by atoms with Gasteiger partial charge in [0.1, 0.15) is 11.4 Å². The first-order valence-corrected chi connectivity index (χ1v) is 11.3. The third kappa shape index (κ3) is 6.10. The molecule has 2 aliphatic rings. The number of esters is 1. The van der Waals surface area contributed by atoms with E-state index in [1.807, 2.05) is 20.8 Å². The van der Waals surface area contributed by atoms with Crippen LogP contribution in [0, 0.1) is 0 Å². The van der Waals surface area contributed by atoms with Gasteiger partial charge in [0.2, 0.25) is 5.28 Å². The molecule has 2 aliphatic heterocycles. The molecule has 176 valence electrons. The zero-order chi connectivity index (χ0) is 23.3. The molecule has 9 nitrogen and oxygen atoms in total. The second kappa shape index (κ2) is 10.5. The fourth-order valence-corrected chi connectivity index (χ4v) is 3.98. The third-order valence-electron chi connectivity index (χ3n) is 5.12. The smallest absolute Gasteiger partial charge is 0.410 e. The van der Waals surface area contributed by atoms with E-state index in [-0.39, 0.29) is 5.28 Å². The molecule has 10 heteroatoms. The van der Waals surface area contributed by atoms with Crippen LogP contribution in [0.25, 0.3) is 0 Å². The van der Waals surface area contributed by atoms with Crippen LogP contribution < -0.4 is 4.90 Å². The van der Waals surface area contributed by atoms with Crippen LogP contribution in [-0.2, 0) is 25.4 Å². The summed E-state index contributed by atoms with van der Waals surface area (Å²) in [6, 6.07) is -0.445. The van der Waals surface area contributed by atoms with Crippen molar-refractivity contribution in [1.82, 2.24) is 14.9 Å². The maximum atomic E-state index is 13.0. The Morgan fingerprint density at radius 3 is 2.59 bits per heavy atom. The molecular formula is C22H31ClN4O5. The van der Waals surface area contributed by atoms with E-state index in [1.165, 1.54) is 6.08 Å². The fourth-order valence-electron chi connectivity index (χ4n) is 3.81. The summed E-state index contributed by atoms with van der Waals surface area (Å²) < 4.78 is 16.1. The molecule has 1 amide bonds. The van der Waals surface area contributed by atoms with Gasteiger partial charge in [-0.05, 0) is 52.1 Å². The summed E-state index contributed by atoms with van der Waals surface area (Å²) >= 11 is 6.32. The van der Waals surface area contributed by atoms with E-state index in [4.69, 9.17) is 25.8 Å². The maximum absolute atomic E-state index is 13.0. The highest BCUT2D eigenvalue weighted by molar-refractivity contribution is 6.28. The molecule has 0 aliphatic carbocycles. The topological polar surface area (TPSA) is 94.1 Å².